The van der Waals surface area contributed by atoms with E-state index < -0.39 is 14.4 Å². The Balaban J connectivity index is 2.00. The Labute approximate surface area is 174 Å². The number of benzene rings is 2. The van der Waals surface area contributed by atoms with Crippen molar-refractivity contribution in [2.75, 3.05) is 13.2 Å². The second kappa shape index (κ2) is 9.07. The summed E-state index contributed by atoms with van der Waals surface area (Å²) in [7, 11) is -2.65. The zero-order valence-electron chi connectivity index (χ0n) is 17.6. The van der Waals surface area contributed by atoms with Crippen LogP contribution < -0.4 is 10.4 Å². The molecule has 0 unspecified atom stereocenters. The molecule has 0 spiro atoms. The van der Waals surface area contributed by atoms with E-state index in [2.05, 4.69) is 69.3 Å². The van der Waals surface area contributed by atoms with Gasteiger partial charge in [-0.05, 0) is 21.5 Å². The monoisotopic (exact) mass is 410 g/mol. The first kappa shape index (κ1) is 21.5. The molecule has 2 atom stereocenters. The molecule has 1 heterocycles. The third kappa shape index (κ3) is 4.69. The Kier molecular flexibility index (Phi) is 6.73. The van der Waals surface area contributed by atoms with Gasteiger partial charge in [-0.1, -0.05) is 87.5 Å². The van der Waals surface area contributed by atoms with Crippen LogP contribution in [0.3, 0.4) is 0 Å². The smallest absolute Gasteiger partial charge is 0.303 e. The van der Waals surface area contributed by atoms with E-state index in [0.717, 1.165) is 0 Å². The summed E-state index contributed by atoms with van der Waals surface area (Å²) in [6.45, 7) is 8.99. The lowest BCUT2D eigenvalue weighted by atomic mass is 10.1. The molecule has 5 heteroatoms. The molecule has 29 heavy (non-hydrogen) atoms. The lowest BCUT2D eigenvalue weighted by molar-refractivity contribution is -0.153. The van der Waals surface area contributed by atoms with E-state index in [4.69, 9.17) is 13.9 Å². The number of esters is 1. The van der Waals surface area contributed by atoms with Crippen LogP contribution in [0.15, 0.2) is 72.8 Å². The van der Waals surface area contributed by atoms with Crippen molar-refractivity contribution in [3.8, 4) is 0 Å². The molecule has 0 amide bonds. The molecule has 1 aliphatic rings. The zero-order valence-corrected chi connectivity index (χ0v) is 18.6. The molecule has 4 nitrogen and oxygen atoms in total. The highest BCUT2D eigenvalue weighted by molar-refractivity contribution is 6.99. The van der Waals surface area contributed by atoms with E-state index in [1.54, 1.807) is 0 Å². The highest BCUT2D eigenvalue weighted by atomic mass is 28.4. The van der Waals surface area contributed by atoms with Crippen molar-refractivity contribution >= 4 is 24.7 Å². The fourth-order valence-electron chi connectivity index (χ4n) is 4.01. The van der Waals surface area contributed by atoms with Crippen molar-refractivity contribution < 1.29 is 18.7 Å². The van der Waals surface area contributed by atoms with E-state index in [1.807, 2.05) is 24.3 Å². The first-order valence-corrected chi connectivity index (χ1v) is 12.0. The molecule has 0 saturated carbocycles. The topological polar surface area (TPSA) is 44.8 Å². The Bertz CT molecular complexity index is 787. The fraction of sp³-hybridized carbons (Fsp3) is 0.375. The summed E-state index contributed by atoms with van der Waals surface area (Å²) in [5, 5.41) is 2.32. The van der Waals surface area contributed by atoms with Crippen LogP contribution in [0.1, 0.15) is 27.7 Å². The summed E-state index contributed by atoms with van der Waals surface area (Å²) in [5.74, 6) is -0.319. The second-order valence-corrected chi connectivity index (χ2v) is 12.7. The molecule has 2 aromatic carbocycles. The molecular weight excluding hydrogens is 380 g/mol. The number of carbonyl (C=O) groups excluding carboxylic acids is 1. The molecule has 0 aromatic heterocycles. The first-order chi connectivity index (χ1) is 13.8. The molecule has 0 radical (unpaired) electrons. The van der Waals surface area contributed by atoms with Crippen molar-refractivity contribution in [1.29, 1.82) is 0 Å². The third-order valence-corrected chi connectivity index (χ3v) is 10.3. The standard InChI is InChI=1S/C24H30O4Si/c1-19(25)28-22-16-11-17-26-23(22)18-27-29(24(2,3)4,20-12-7-5-8-13-20)21-14-9-6-10-15-21/h5-16,22-23H,17-18H2,1-4H3/t22-,23+/m0/s1. The number of rotatable bonds is 6. The van der Waals surface area contributed by atoms with Gasteiger partial charge in [0.15, 0.2) is 0 Å². The van der Waals surface area contributed by atoms with Crippen LogP contribution in [0.5, 0.6) is 0 Å². The summed E-state index contributed by atoms with van der Waals surface area (Å²) in [6.07, 6.45) is 3.02. The van der Waals surface area contributed by atoms with Gasteiger partial charge < -0.3 is 13.9 Å². The molecule has 2 aromatic rings. The molecular formula is C24H30O4Si. The minimum Gasteiger partial charge on any atom is -0.455 e. The van der Waals surface area contributed by atoms with Crippen molar-refractivity contribution in [3.05, 3.63) is 72.8 Å². The van der Waals surface area contributed by atoms with Crippen molar-refractivity contribution in [2.45, 2.75) is 44.9 Å². The SMILES string of the molecule is CC(=O)O[C@H]1C=CCO[C@@H]1CO[Si](c1ccccc1)(c1ccccc1)C(C)(C)C. The normalized spacial score (nSPS) is 19.7. The van der Waals surface area contributed by atoms with Crippen LogP contribution in [-0.2, 0) is 18.7 Å². The first-order valence-electron chi connectivity index (χ1n) is 10.0. The highest BCUT2D eigenvalue weighted by Gasteiger charge is 2.50. The lowest BCUT2D eigenvalue weighted by Gasteiger charge is -2.44. The van der Waals surface area contributed by atoms with E-state index in [1.165, 1.54) is 17.3 Å². The average molecular weight is 411 g/mol. The summed E-state index contributed by atoms with van der Waals surface area (Å²) in [4.78, 5) is 11.5. The maximum Gasteiger partial charge on any atom is 0.303 e. The molecule has 0 saturated heterocycles. The Hall–Kier alpha value is -2.21. The van der Waals surface area contributed by atoms with Gasteiger partial charge in [0.2, 0.25) is 0 Å². The minimum absolute atomic E-state index is 0.114. The van der Waals surface area contributed by atoms with Gasteiger partial charge in [-0.3, -0.25) is 4.79 Å². The van der Waals surface area contributed by atoms with Crippen LogP contribution in [0.2, 0.25) is 5.04 Å². The Morgan fingerprint density at radius 1 is 1.03 bits per heavy atom. The molecule has 1 aliphatic heterocycles. The molecule has 0 aliphatic carbocycles. The van der Waals surface area contributed by atoms with Crippen LogP contribution >= 0.6 is 0 Å². The predicted molar refractivity (Wildman–Crippen MR) is 118 cm³/mol. The molecule has 3 rings (SSSR count). The highest BCUT2D eigenvalue weighted by Crippen LogP contribution is 2.37. The fourth-order valence-corrected chi connectivity index (χ4v) is 8.58. The minimum atomic E-state index is -2.65. The van der Waals surface area contributed by atoms with E-state index in [9.17, 15) is 4.79 Å². The van der Waals surface area contributed by atoms with Crippen LogP contribution in [0.4, 0.5) is 0 Å². The van der Waals surface area contributed by atoms with Crippen molar-refractivity contribution in [1.82, 2.24) is 0 Å². The summed E-state index contributed by atoms with van der Waals surface area (Å²) < 4.78 is 18.3. The van der Waals surface area contributed by atoms with Crippen molar-refractivity contribution in [3.63, 3.8) is 0 Å². The molecule has 0 N–H and O–H groups in total. The molecule has 0 bridgehead atoms. The zero-order chi connectivity index (χ0) is 20.9. The van der Waals surface area contributed by atoms with E-state index in [0.29, 0.717) is 13.2 Å². The number of ether oxygens (including phenoxy) is 2. The Morgan fingerprint density at radius 3 is 2.07 bits per heavy atom. The van der Waals surface area contributed by atoms with Gasteiger partial charge in [-0.2, -0.15) is 0 Å². The summed E-state index contributed by atoms with van der Waals surface area (Å²) in [6, 6.07) is 21.0. The van der Waals surface area contributed by atoms with Gasteiger partial charge in [-0.15, -0.1) is 0 Å². The Morgan fingerprint density at radius 2 is 1.59 bits per heavy atom. The van der Waals surface area contributed by atoms with Crippen LogP contribution in [0, 0.1) is 0 Å². The van der Waals surface area contributed by atoms with Gasteiger partial charge in [0.25, 0.3) is 8.32 Å². The number of carbonyl (C=O) groups is 1. The van der Waals surface area contributed by atoms with Crippen LogP contribution in [0.25, 0.3) is 0 Å². The van der Waals surface area contributed by atoms with Gasteiger partial charge in [0.05, 0.1) is 13.2 Å². The largest absolute Gasteiger partial charge is 0.455 e. The lowest BCUT2D eigenvalue weighted by Crippen LogP contribution is -2.67. The van der Waals surface area contributed by atoms with E-state index in [-0.39, 0.29) is 17.1 Å². The average Bonchev–Trinajstić information content (AvgIpc) is 2.70. The van der Waals surface area contributed by atoms with Gasteiger partial charge in [0.1, 0.15) is 12.2 Å². The number of hydrogen-bond acceptors (Lipinski definition) is 4. The molecule has 154 valence electrons. The third-order valence-electron chi connectivity index (χ3n) is 5.28. The maximum absolute atomic E-state index is 11.5. The second-order valence-electron chi connectivity index (χ2n) is 8.35. The predicted octanol–water partition coefficient (Wildman–Crippen LogP) is 3.45. The summed E-state index contributed by atoms with van der Waals surface area (Å²) >= 11 is 0. The maximum atomic E-state index is 11.5. The van der Waals surface area contributed by atoms with Crippen molar-refractivity contribution in [2.24, 2.45) is 0 Å². The number of hydrogen-bond donors (Lipinski definition) is 0. The van der Waals surface area contributed by atoms with Gasteiger partial charge in [0, 0.05) is 6.92 Å². The van der Waals surface area contributed by atoms with E-state index >= 15 is 0 Å². The van der Waals surface area contributed by atoms with Gasteiger partial charge in [-0.25, -0.2) is 0 Å². The molecule has 0 fully saturated rings. The van der Waals surface area contributed by atoms with Gasteiger partial charge >= 0.3 is 5.97 Å². The van der Waals surface area contributed by atoms with Crippen LogP contribution in [-0.4, -0.2) is 39.7 Å². The summed E-state index contributed by atoms with van der Waals surface area (Å²) in [5.41, 5.74) is 0. The quantitative estimate of drug-likeness (QED) is 0.416.